The number of rotatable bonds is 3. The predicted molar refractivity (Wildman–Crippen MR) is 69.1 cm³/mol. The fourth-order valence-corrected chi connectivity index (χ4v) is 2.03. The molecule has 0 amide bonds. The molecule has 84 valence electrons. The van der Waals surface area contributed by atoms with Gasteiger partial charge in [-0.25, -0.2) is 0 Å². The van der Waals surface area contributed by atoms with Crippen LogP contribution in [0.3, 0.4) is 0 Å². The van der Waals surface area contributed by atoms with Crippen LogP contribution in [0.2, 0.25) is 0 Å². The Morgan fingerprint density at radius 3 is 2.75 bits per heavy atom. The molecule has 0 saturated heterocycles. The molecule has 0 radical (unpaired) electrons. The molecule has 3 N–H and O–H groups in total. The van der Waals surface area contributed by atoms with Crippen LogP contribution in [-0.2, 0) is 7.05 Å². The van der Waals surface area contributed by atoms with Gasteiger partial charge in [0, 0.05) is 18.1 Å². The van der Waals surface area contributed by atoms with Crippen molar-refractivity contribution in [2.45, 2.75) is 4.90 Å². The van der Waals surface area contributed by atoms with Crippen LogP contribution in [0.5, 0.6) is 0 Å². The van der Waals surface area contributed by atoms with Crippen molar-refractivity contribution < 1.29 is 0 Å². The maximum absolute atomic E-state index is 5.83. The molecule has 1 aromatic carbocycles. The van der Waals surface area contributed by atoms with Crippen molar-refractivity contribution in [1.29, 1.82) is 0 Å². The van der Waals surface area contributed by atoms with E-state index in [1.54, 1.807) is 22.6 Å². The van der Waals surface area contributed by atoms with Crippen LogP contribution in [0.15, 0.2) is 35.4 Å². The minimum Gasteiger partial charge on any atom is -0.394 e. The van der Waals surface area contributed by atoms with E-state index in [4.69, 9.17) is 5.73 Å². The average Bonchev–Trinajstić information content (AvgIpc) is 2.58. The molecule has 0 unspecified atom stereocenters. The van der Waals surface area contributed by atoms with Crippen LogP contribution in [-0.4, -0.2) is 16.0 Å². The zero-order valence-electron chi connectivity index (χ0n) is 9.27. The first-order chi connectivity index (χ1) is 7.70. The fourth-order valence-electron chi connectivity index (χ4n) is 1.48. The Kier molecular flexibility index (Phi) is 3.05. The summed E-state index contributed by atoms with van der Waals surface area (Å²) in [5.74, 6) is 0.698. The third-order valence-electron chi connectivity index (χ3n) is 2.22. The van der Waals surface area contributed by atoms with Gasteiger partial charge in [0.2, 0.25) is 0 Å². The number of anilines is 3. The molecular weight excluding hydrogens is 220 g/mol. The summed E-state index contributed by atoms with van der Waals surface area (Å²) < 4.78 is 1.69. The zero-order valence-corrected chi connectivity index (χ0v) is 10.1. The summed E-state index contributed by atoms with van der Waals surface area (Å²) >= 11 is 1.69. The number of thioether (sulfide) groups is 1. The van der Waals surface area contributed by atoms with Gasteiger partial charge in [-0.05, 0) is 18.4 Å². The van der Waals surface area contributed by atoms with E-state index in [0.717, 1.165) is 5.69 Å². The first-order valence-electron chi connectivity index (χ1n) is 4.90. The number of aromatic nitrogens is 2. The Morgan fingerprint density at radius 2 is 2.12 bits per heavy atom. The summed E-state index contributed by atoms with van der Waals surface area (Å²) in [6, 6.07) is 8.08. The van der Waals surface area contributed by atoms with Crippen molar-refractivity contribution in [3.8, 4) is 0 Å². The predicted octanol–water partition coefficient (Wildman–Crippen LogP) is 2.47. The summed E-state index contributed by atoms with van der Waals surface area (Å²) in [5.41, 5.74) is 7.51. The third kappa shape index (κ3) is 2.14. The van der Waals surface area contributed by atoms with E-state index in [-0.39, 0.29) is 0 Å². The fraction of sp³-hybridized carbons (Fsp3) is 0.182. The van der Waals surface area contributed by atoms with E-state index in [0.29, 0.717) is 11.5 Å². The van der Waals surface area contributed by atoms with Gasteiger partial charge in [0.15, 0.2) is 5.82 Å². The van der Waals surface area contributed by atoms with Gasteiger partial charge < -0.3 is 11.1 Å². The van der Waals surface area contributed by atoms with Crippen LogP contribution < -0.4 is 11.1 Å². The van der Waals surface area contributed by atoms with E-state index in [1.165, 1.54) is 4.90 Å². The molecule has 0 aliphatic rings. The molecule has 2 aromatic rings. The van der Waals surface area contributed by atoms with Crippen molar-refractivity contribution in [1.82, 2.24) is 9.78 Å². The van der Waals surface area contributed by atoms with Gasteiger partial charge in [0.1, 0.15) is 0 Å². The largest absolute Gasteiger partial charge is 0.394 e. The maximum atomic E-state index is 5.83. The molecule has 1 heterocycles. The Hall–Kier alpha value is -1.62. The quantitative estimate of drug-likeness (QED) is 0.801. The highest BCUT2D eigenvalue weighted by molar-refractivity contribution is 7.98. The van der Waals surface area contributed by atoms with Crippen molar-refractivity contribution in [2.24, 2.45) is 7.05 Å². The van der Waals surface area contributed by atoms with E-state index in [9.17, 15) is 0 Å². The van der Waals surface area contributed by atoms with E-state index in [2.05, 4.69) is 16.5 Å². The Bertz CT molecular complexity index is 492. The van der Waals surface area contributed by atoms with Gasteiger partial charge in [-0.1, -0.05) is 12.1 Å². The highest BCUT2D eigenvalue weighted by Gasteiger charge is 2.06. The Morgan fingerprint density at radius 1 is 1.38 bits per heavy atom. The molecule has 5 heteroatoms. The molecule has 0 bridgehead atoms. The van der Waals surface area contributed by atoms with Crippen molar-refractivity contribution in [3.63, 3.8) is 0 Å². The highest BCUT2D eigenvalue weighted by Crippen LogP contribution is 2.28. The van der Waals surface area contributed by atoms with Crippen LogP contribution in [0, 0.1) is 0 Å². The third-order valence-corrected chi connectivity index (χ3v) is 3.01. The minimum atomic E-state index is 0.651. The van der Waals surface area contributed by atoms with E-state index in [1.807, 2.05) is 31.5 Å². The summed E-state index contributed by atoms with van der Waals surface area (Å²) in [4.78, 5) is 1.17. The Balaban J connectivity index is 2.30. The molecule has 16 heavy (non-hydrogen) atoms. The highest BCUT2D eigenvalue weighted by atomic mass is 32.2. The number of hydrogen-bond donors (Lipinski definition) is 2. The minimum absolute atomic E-state index is 0.651. The number of aryl methyl sites for hydroxylation is 1. The molecule has 0 fully saturated rings. The summed E-state index contributed by atoms with van der Waals surface area (Å²) in [6.07, 6.45) is 3.83. The number of nitrogens with one attached hydrogen (secondary N) is 1. The number of nitrogens with two attached hydrogens (primary N) is 1. The molecule has 0 aliphatic heterocycles. The van der Waals surface area contributed by atoms with Gasteiger partial charge in [-0.3, -0.25) is 4.68 Å². The first kappa shape index (κ1) is 10.9. The normalized spacial score (nSPS) is 10.4. The van der Waals surface area contributed by atoms with Gasteiger partial charge >= 0.3 is 0 Å². The molecule has 0 atom stereocenters. The molecule has 4 nitrogen and oxygen atoms in total. The molecule has 0 saturated carbocycles. The molecule has 0 aliphatic carbocycles. The number of nitrogen functional groups attached to an aromatic ring is 1. The zero-order chi connectivity index (χ0) is 11.5. The summed E-state index contributed by atoms with van der Waals surface area (Å²) in [5, 5.41) is 7.49. The molecular formula is C11H14N4S. The lowest BCUT2D eigenvalue weighted by atomic mass is 10.3. The summed E-state index contributed by atoms with van der Waals surface area (Å²) in [6.45, 7) is 0. The number of hydrogen-bond acceptors (Lipinski definition) is 4. The second-order valence-electron chi connectivity index (χ2n) is 3.43. The van der Waals surface area contributed by atoms with Gasteiger partial charge in [0.25, 0.3) is 0 Å². The number of nitrogens with zero attached hydrogens (tertiary/aromatic N) is 2. The van der Waals surface area contributed by atoms with E-state index >= 15 is 0 Å². The standard InChI is InChI=1S/C11H14N4S/c1-15-7-8(12)11(14-15)13-9-5-3-4-6-10(9)16-2/h3-7H,12H2,1-2H3,(H,13,14). The van der Waals surface area contributed by atoms with Crippen molar-refractivity contribution >= 4 is 29.0 Å². The monoisotopic (exact) mass is 234 g/mol. The molecule has 0 spiro atoms. The second kappa shape index (κ2) is 4.49. The van der Waals surface area contributed by atoms with Crippen LogP contribution in [0.25, 0.3) is 0 Å². The number of benzene rings is 1. The van der Waals surface area contributed by atoms with Crippen LogP contribution >= 0.6 is 11.8 Å². The maximum Gasteiger partial charge on any atom is 0.175 e. The molecule has 2 rings (SSSR count). The van der Waals surface area contributed by atoms with Gasteiger partial charge in [-0.15, -0.1) is 11.8 Å². The summed E-state index contributed by atoms with van der Waals surface area (Å²) in [7, 11) is 1.85. The van der Waals surface area contributed by atoms with Gasteiger partial charge in [-0.2, -0.15) is 5.10 Å². The van der Waals surface area contributed by atoms with Crippen molar-refractivity contribution in [3.05, 3.63) is 30.5 Å². The smallest absolute Gasteiger partial charge is 0.175 e. The Labute approximate surface area is 98.8 Å². The lowest BCUT2D eigenvalue weighted by molar-refractivity contribution is 0.771. The lowest BCUT2D eigenvalue weighted by Gasteiger charge is -2.08. The van der Waals surface area contributed by atoms with Crippen molar-refractivity contribution in [2.75, 3.05) is 17.3 Å². The topological polar surface area (TPSA) is 55.9 Å². The van der Waals surface area contributed by atoms with Gasteiger partial charge in [0.05, 0.1) is 11.4 Å². The van der Waals surface area contributed by atoms with E-state index < -0.39 is 0 Å². The van der Waals surface area contributed by atoms with Crippen LogP contribution in [0.4, 0.5) is 17.2 Å². The second-order valence-corrected chi connectivity index (χ2v) is 4.28. The number of para-hydroxylation sites is 1. The SMILES string of the molecule is CSc1ccccc1Nc1nn(C)cc1N. The first-order valence-corrected chi connectivity index (χ1v) is 6.12. The molecule has 1 aromatic heterocycles. The van der Waals surface area contributed by atoms with Crippen LogP contribution in [0.1, 0.15) is 0 Å². The lowest BCUT2D eigenvalue weighted by Crippen LogP contribution is -1.96. The average molecular weight is 234 g/mol.